The quantitative estimate of drug-likeness (QED) is 0.870. The highest BCUT2D eigenvalue weighted by atomic mass is 79.9. The molecule has 1 saturated heterocycles. The van der Waals surface area contributed by atoms with Gasteiger partial charge >= 0.3 is 0 Å². The molecule has 0 bridgehead atoms. The van der Waals surface area contributed by atoms with Crippen LogP contribution in [0.1, 0.15) is 18.4 Å². The van der Waals surface area contributed by atoms with Gasteiger partial charge in [0.15, 0.2) is 0 Å². The van der Waals surface area contributed by atoms with Crippen LogP contribution in [-0.2, 0) is 6.54 Å². The normalized spacial score (nSPS) is 21.2. The molecule has 1 aromatic rings. The van der Waals surface area contributed by atoms with E-state index in [1.54, 1.807) is 0 Å². The minimum Gasteiger partial charge on any atom is -0.392 e. The minimum atomic E-state index is 0.286. The average Bonchev–Trinajstić information content (AvgIpc) is 2.66. The summed E-state index contributed by atoms with van der Waals surface area (Å²) in [6.45, 7) is 2.02. The van der Waals surface area contributed by atoms with Crippen LogP contribution in [0.4, 0.5) is 0 Å². The van der Waals surface area contributed by atoms with E-state index in [0.717, 1.165) is 24.0 Å². The van der Waals surface area contributed by atoms with E-state index in [-0.39, 0.29) is 6.04 Å². The summed E-state index contributed by atoms with van der Waals surface area (Å²) >= 11 is 8.59. The lowest BCUT2D eigenvalue weighted by Crippen LogP contribution is -2.38. The molecular weight excluding hydrogens is 284 g/mol. The van der Waals surface area contributed by atoms with Gasteiger partial charge in [0.2, 0.25) is 0 Å². The molecule has 4 heteroatoms. The number of rotatable bonds is 3. The van der Waals surface area contributed by atoms with E-state index in [2.05, 4.69) is 39.0 Å². The van der Waals surface area contributed by atoms with Crippen LogP contribution in [0.2, 0.25) is 0 Å². The summed E-state index contributed by atoms with van der Waals surface area (Å²) in [5.74, 6) is 0. The van der Waals surface area contributed by atoms with E-state index in [0.29, 0.717) is 4.99 Å². The molecule has 2 nitrogen and oxygen atoms in total. The molecule has 0 saturated carbocycles. The Morgan fingerprint density at radius 1 is 1.56 bits per heavy atom. The summed E-state index contributed by atoms with van der Waals surface area (Å²) < 4.78 is 1.12. The summed E-state index contributed by atoms with van der Waals surface area (Å²) in [6, 6.07) is 8.67. The highest BCUT2D eigenvalue weighted by Gasteiger charge is 2.26. The third-order valence-corrected chi connectivity index (χ3v) is 3.73. The molecule has 1 aliphatic heterocycles. The fourth-order valence-corrected chi connectivity index (χ4v) is 2.92. The van der Waals surface area contributed by atoms with Crippen molar-refractivity contribution < 1.29 is 0 Å². The first-order valence-corrected chi connectivity index (χ1v) is 6.65. The summed E-state index contributed by atoms with van der Waals surface area (Å²) in [5, 5.41) is 0. The minimum absolute atomic E-state index is 0.286. The van der Waals surface area contributed by atoms with E-state index in [9.17, 15) is 0 Å². The van der Waals surface area contributed by atoms with Crippen molar-refractivity contribution in [2.45, 2.75) is 25.4 Å². The van der Waals surface area contributed by atoms with Crippen molar-refractivity contribution in [2.24, 2.45) is 5.73 Å². The fourth-order valence-electron chi connectivity index (χ4n) is 2.21. The SMILES string of the molecule is NC(=S)C1CCCN1Cc1cccc(Br)c1. The Labute approximate surface area is 110 Å². The first kappa shape index (κ1) is 12.0. The first-order chi connectivity index (χ1) is 7.66. The number of benzene rings is 1. The molecule has 16 heavy (non-hydrogen) atoms. The Balaban J connectivity index is 2.06. The van der Waals surface area contributed by atoms with Crippen molar-refractivity contribution >= 4 is 33.1 Å². The molecule has 0 aliphatic carbocycles. The van der Waals surface area contributed by atoms with Gasteiger partial charge in [0.05, 0.1) is 11.0 Å². The molecule has 0 spiro atoms. The summed E-state index contributed by atoms with van der Waals surface area (Å²) in [7, 11) is 0. The van der Waals surface area contributed by atoms with Crippen LogP contribution in [0, 0.1) is 0 Å². The maximum Gasteiger partial charge on any atom is 0.0902 e. The van der Waals surface area contributed by atoms with Crippen LogP contribution in [0.3, 0.4) is 0 Å². The maximum absolute atomic E-state index is 5.75. The van der Waals surface area contributed by atoms with E-state index >= 15 is 0 Å². The molecule has 2 N–H and O–H groups in total. The molecule has 0 radical (unpaired) electrons. The van der Waals surface area contributed by atoms with Gasteiger partial charge in [-0.15, -0.1) is 0 Å². The Morgan fingerprint density at radius 2 is 2.38 bits per heavy atom. The smallest absolute Gasteiger partial charge is 0.0902 e. The Bertz CT molecular complexity index is 394. The van der Waals surface area contributed by atoms with Crippen LogP contribution >= 0.6 is 28.1 Å². The zero-order valence-corrected chi connectivity index (χ0v) is 11.4. The Hall–Kier alpha value is -0.450. The zero-order valence-electron chi connectivity index (χ0n) is 9.03. The number of thiocarbonyl (C=S) groups is 1. The van der Waals surface area contributed by atoms with Crippen molar-refractivity contribution in [2.75, 3.05) is 6.54 Å². The van der Waals surface area contributed by atoms with Gasteiger partial charge in [0, 0.05) is 11.0 Å². The topological polar surface area (TPSA) is 29.3 Å². The molecule has 1 atom stereocenters. The predicted octanol–water partition coefficient (Wildman–Crippen LogP) is 2.70. The summed E-state index contributed by atoms with van der Waals surface area (Å²) in [6.07, 6.45) is 2.29. The maximum atomic E-state index is 5.75. The van der Waals surface area contributed by atoms with Crippen molar-refractivity contribution in [1.29, 1.82) is 0 Å². The highest BCUT2D eigenvalue weighted by molar-refractivity contribution is 9.10. The zero-order chi connectivity index (χ0) is 11.5. The third-order valence-electron chi connectivity index (χ3n) is 2.97. The molecule has 0 amide bonds. The number of nitrogens with two attached hydrogens (primary N) is 1. The number of hydrogen-bond donors (Lipinski definition) is 1. The Morgan fingerprint density at radius 3 is 3.06 bits per heavy atom. The molecule has 1 aromatic carbocycles. The van der Waals surface area contributed by atoms with E-state index < -0.39 is 0 Å². The van der Waals surface area contributed by atoms with Gasteiger partial charge in [0.25, 0.3) is 0 Å². The van der Waals surface area contributed by atoms with Gasteiger partial charge in [-0.2, -0.15) is 0 Å². The Kier molecular flexibility index (Phi) is 3.95. The average molecular weight is 299 g/mol. The number of nitrogens with zero attached hydrogens (tertiary/aromatic N) is 1. The van der Waals surface area contributed by atoms with E-state index in [1.807, 2.05) is 6.07 Å². The summed E-state index contributed by atoms with van der Waals surface area (Å²) in [4.78, 5) is 3.00. The second-order valence-electron chi connectivity index (χ2n) is 4.16. The van der Waals surface area contributed by atoms with Gasteiger partial charge in [-0.1, -0.05) is 40.3 Å². The lowest BCUT2D eigenvalue weighted by molar-refractivity contribution is 0.295. The van der Waals surface area contributed by atoms with Crippen molar-refractivity contribution in [3.63, 3.8) is 0 Å². The van der Waals surface area contributed by atoms with Crippen LogP contribution in [-0.4, -0.2) is 22.5 Å². The molecule has 1 aliphatic rings. The monoisotopic (exact) mass is 298 g/mol. The first-order valence-electron chi connectivity index (χ1n) is 5.44. The fraction of sp³-hybridized carbons (Fsp3) is 0.417. The van der Waals surface area contributed by atoms with Gasteiger partial charge in [-0.3, -0.25) is 4.90 Å². The van der Waals surface area contributed by atoms with Crippen molar-refractivity contribution in [3.8, 4) is 0 Å². The molecule has 2 rings (SSSR count). The standard InChI is InChI=1S/C12H15BrN2S/c13-10-4-1-3-9(7-10)8-15-6-2-5-11(15)12(14)16/h1,3-4,7,11H,2,5-6,8H2,(H2,14,16). The van der Waals surface area contributed by atoms with E-state index in [4.69, 9.17) is 18.0 Å². The number of halogens is 1. The van der Waals surface area contributed by atoms with Gasteiger partial charge in [-0.05, 0) is 37.1 Å². The largest absolute Gasteiger partial charge is 0.392 e. The van der Waals surface area contributed by atoms with Crippen LogP contribution in [0.25, 0.3) is 0 Å². The number of hydrogen-bond acceptors (Lipinski definition) is 2. The lowest BCUT2D eigenvalue weighted by atomic mass is 10.2. The molecule has 1 heterocycles. The van der Waals surface area contributed by atoms with Crippen molar-refractivity contribution in [1.82, 2.24) is 4.90 Å². The van der Waals surface area contributed by atoms with Crippen LogP contribution in [0.15, 0.2) is 28.7 Å². The summed E-state index contributed by atoms with van der Waals surface area (Å²) in [5.41, 5.74) is 7.06. The van der Waals surface area contributed by atoms with Gasteiger partial charge in [0.1, 0.15) is 0 Å². The molecular formula is C12H15BrN2S. The molecule has 86 valence electrons. The van der Waals surface area contributed by atoms with Crippen LogP contribution in [0.5, 0.6) is 0 Å². The van der Waals surface area contributed by atoms with Gasteiger partial charge < -0.3 is 5.73 Å². The predicted molar refractivity (Wildman–Crippen MR) is 74.4 cm³/mol. The van der Waals surface area contributed by atoms with Crippen LogP contribution < -0.4 is 5.73 Å². The second kappa shape index (κ2) is 5.25. The molecule has 1 unspecified atom stereocenters. The molecule has 0 aromatic heterocycles. The van der Waals surface area contributed by atoms with E-state index in [1.165, 1.54) is 12.0 Å². The van der Waals surface area contributed by atoms with Gasteiger partial charge in [-0.25, -0.2) is 0 Å². The highest BCUT2D eigenvalue weighted by Crippen LogP contribution is 2.21. The van der Waals surface area contributed by atoms with Crippen molar-refractivity contribution in [3.05, 3.63) is 34.3 Å². The number of likely N-dealkylation sites (tertiary alicyclic amines) is 1. The molecule has 1 fully saturated rings. The second-order valence-corrected chi connectivity index (χ2v) is 5.55. The third kappa shape index (κ3) is 2.81. The lowest BCUT2D eigenvalue weighted by Gasteiger charge is -2.23.